The van der Waals surface area contributed by atoms with Gasteiger partial charge in [-0.05, 0) is 55.5 Å². The van der Waals surface area contributed by atoms with Gasteiger partial charge in [0.1, 0.15) is 11.5 Å². The largest absolute Gasteiger partial charge is 0.497 e. The number of methoxy groups -OCH3 is 1. The fourth-order valence-corrected chi connectivity index (χ4v) is 2.14. The van der Waals surface area contributed by atoms with Crippen LogP contribution in [0.5, 0.6) is 11.5 Å². The molecule has 0 aromatic heterocycles. The van der Waals surface area contributed by atoms with E-state index in [4.69, 9.17) is 14.2 Å². The molecule has 0 radical (unpaired) electrons. The van der Waals surface area contributed by atoms with Crippen LogP contribution in [0.25, 0.3) is 0 Å². The Morgan fingerprint density at radius 2 is 1.64 bits per heavy atom. The Kier molecular flexibility index (Phi) is 6.82. The molecule has 2 aromatic carbocycles. The summed E-state index contributed by atoms with van der Waals surface area (Å²) in [5.74, 6) is 0.167. The zero-order valence-electron chi connectivity index (χ0n) is 13.8. The Labute approximate surface area is 154 Å². The molecule has 2 rings (SSSR count). The third-order valence-corrected chi connectivity index (χ3v) is 3.73. The molecule has 1 atom stereocenters. The smallest absolute Gasteiger partial charge is 0.344 e. The van der Waals surface area contributed by atoms with Crippen molar-refractivity contribution < 1.29 is 23.8 Å². The maximum Gasteiger partial charge on any atom is 0.344 e. The summed E-state index contributed by atoms with van der Waals surface area (Å²) in [6, 6.07) is 13.9. The van der Waals surface area contributed by atoms with E-state index in [2.05, 4.69) is 21.2 Å². The SMILES string of the molecule is COc1ccc(NC(=O)C(C)OC(=O)COc2ccc(Br)cc2)cc1. The van der Waals surface area contributed by atoms with Gasteiger partial charge < -0.3 is 19.5 Å². The van der Waals surface area contributed by atoms with E-state index in [-0.39, 0.29) is 6.61 Å². The maximum absolute atomic E-state index is 12.0. The normalized spacial score (nSPS) is 11.3. The molecule has 1 unspecified atom stereocenters. The Bertz CT molecular complexity index is 715. The second kappa shape index (κ2) is 9.08. The summed E-state index contributed by atoms with van der Waals surface area (Å²) in [6.45, 7) is 1.22. The lowest BCUT2D eigenvalue weighted by molar-refractivity contribution is -0.155. The van der Waals surface area contributed by atoms with Crippen LogP contribution in [0.2, 0.25) is 0 Å². The van der Waals surface area contributed by atoms with Gasteiger partial charge in [-0.25, -0.2) is 4.79 Å². The molecule has 0 fully saturated rings. The van der Waals surface area contributed by atoms with Crippen molar-refractivity contribution in [1.29, 1.82) is 0 Å². The first-order chi connectivity index (χ1) is 12.0. The number of esters is 1. The lowest BCUT2D eigenvalue weighted by atomic mass is 10.3. The Morgan fingerprint density at radius 3 is 2.24 bits per heavy atom. The molecule has 0 spiro atoms. The number of halogens is 1. The molecule has 0 heterocycles. The molecular formula is C18H18BrNO5. The maximum atomic E-state index is 12.0. The topological polar surface area (TPSA) is 73.9 Å². The van der Waals surface area contributed by atoms with Crippen LogP contribution in [-0.4, -0.2) is 31.7 Å². The molecule has 0 aliphatic rings. The average molecular weight is 408 g/mol. The van der Waals surface area contributed by atoms with Gasteiger partial charge in [0.15, 0.2) is 12.7 Å². The van der Waals surface area contributed by atoms with Crippen LogP contribution in [0, 0.1) is 0 Å². The predicted octanol–water partition coefficient (Wildman–Crippen LogP) is 3.41. The van der Waals surface area contributed by atoms with Crippen LogP contribution in [0.1, 0.15) is 6.92 Å². The summed E-state index contributed by atoms with van der Waals surface area (Å²) in [5, 5.41) is 2.66. The lowest BCUT2D eigenvalue weighted by Gasteiger charge is -2.14. The molecule has 1 N–H and O–H groups in total. The minimum Gasteiger partial charge on any atom is -0.497 e. The van der Waals surface area contributed by atoms with E-state index in [0.29, 0.717) is 17.2 Å². The zero-order valence-corrected chi connectivity index (χ0v) is 15.4. The van der Waals surface area contributed by atoms with Crippen molar-refractivity contribution in [3.63, 3.8) is 0 Å². The van der Waals surface area contributed by atoms with Crippen LogP contribution in [-0.2, 0) is 14.3 Å². The van der Waals surface area contributed by atoms with Gasteiger partial charge in [-0.1, -0.05) is 15.9 Å². The number of carbonyl (C=O) groups is 2. The van der Waals surface area contributed by atoms with Crippen molar-refractivity contribution in [1.82, 2.24) is 0 Å². The van der Waals surface area contributed by atoms with Gasteiger partial charge >= 0.3 is 5.97 Å². The van der Waals surface area contributed by atoms with Gasteiger partial charge in [-0.2, -0.15) is 0 Å². The van der Waals surface area contributed by atoms with Crippen molar-refractivity contribution in [2.24, 2.45) is 0 Å². The quantitative estimate of drug-likeness (QED) is 0.711. The van der Waals surface area contributed by atoms with E-state index in [1.54, 1.807) is 55.6 Å². The molecule has 0 bridgehead atoms. The standard InChI is InChI=1S/C18H18BrNO5/c1-12(18(22)20-14-5-9-15(23-2)10-6-14)25-17(21)11-24-16-7-3-13(19)4-8-16/h3-10,12H,11H2,1-2H3,(H,20,22). The molecule has 25 heavy (non-hydrogen) atoms. The lowest BCUT2D eigenvalue weighted by Crippen LogP contribution is -2.31. The molecule has 2 aromatic rings. The Hall–Kier alpha value is -2.54. The van der Waals surface area contributed by atoms with Gasteiger partial charge in [0, 0.05) is 10.2 Å². The first-order valence-electron chi connectivity index (χ1n) is 7.50. The van der Waals surface area contributed by atoms with E-state index in [9.17, 15) is 9.59 Å². The third-order valence-electron chi connectivity index (χ3n) is 3.21. The van der Waals surface area contributed by atoms with Crippen molar-refractivity contribution in [2.75, 3.05) is 19.0 Å². The minimum absolute atomic E-state index is 0.276. The molecule has 1 amide bonds. The van der Waals surface area contributed by atoms with E-state index >= 15 is 0 Å². The summed E-state index contributed by atoms with van der Waals surface area (Å²) < 4.78 is 16.3. The number of amides is 1. The van der Waals surface area contributed by atoms with Crippen molar-refractivity contribution >= 4 is 33.5 Å². The molecule has 0 saturated carbocycles. The number of ether oxygens (including phenoxy) is 3. The number of hydrogen-bond acceptors (Lipinski definition) is 5. The van der Waals surface area contributed by atoms with Crippen LogP contribution in [0.3, 0.4) is 0 Å². The highest BCUT2D eigenvalue weighted by Gasteiger charge is 2.18. The van der Waals surface area contributed by atoms with Gasteiger partial charge in [0.2, 0.25) is 0 Å². The van der Waals surface area contributed by atoms with Crippen LogP contribution >= 0.6 is 15.9 Å². The van der Waals surface area contributed by atoms with E-state index in [0.717, 1.165) is 4.47 Å². The first-order valence-corrected chi connectivity index (χ1v) is 8.30. The highest BCUT2D eigenvalue weighted by molar-refractivity contribution is 9.10. The second-order valence-corrected chi connectivity index (χ2v) is 6.01. The van der Waals surface area contributed by atoms with Crippen LogP contribution < -0.4 is 14.8 Å². The molecule has 6 nitrogen and oxygen atoms in total. The fraction of sp³-hybridized carbons (Fsp3) is 0.222. The van der Waals surface area contributed by atoms with Crippen molar-refractivity contribution in [3.8, 4) is 11.5 Å². The highest BCUT2D eigenvalue weighted by atomic mass is 79.9. The highest BCUT2D eigenvalue weighted by Crippen LogP contribution is 2.17. The average Bonchev–Trinajstić information content (AvgIpc) is 2.61. The predicted molar refractivity (Wildman–Crippen MR) is 96.8 cm³/mol. The number of rotatable bonds is 7. The number of benzene rings is 2. The number of nitrogens with one attached hydrogen (secondary N) is 1. The third kappa shape index (κ3) is 6.11. The summed E-state index contributed by atoms with van der Waals surface area (Å²) >= 11 is 3.31. The van der Waals surface area contributed by atoms with Gasteiger partial charge in [0.05, 0.1) is 7.11 Å². The molecule has 0 aliphatic heterocycles. The number of anilines is 1. The number of carbonyl (C=O) groups excluding carboxylic acids is 2. The summed E-state index contributed by atoms with van der Waals surface area (Å²) in [6.07, 6.45) is -0.942. The van der Waals surface area contributed by atoms with Gasteiger partial charge in [0.25, 0.3) is 5.91 Å². The summed E-state index contributed by atoms with van der Waals surface area (Å²) in [7, 11) is 1.56. The van der Waals surface area contributed by atoms with Crippen molar-refractivity contribution in [3.05, 3.63) is 53.0 Å². The van der Waals surface area contributed by atoms with E-state index in [1.807, 2.05) is 0 Å². The zero-order chi connectivity index (χ0) is 18.2. The molecular weight excluding hydrogens is 390 g/mol. The monoisotopic (exact) mass is 407 g/mol. The summed E-state index contributed by atoms with van der Waals surface area (Å²) in [4.78, 5) is 23.8. The number of hydrogen-bond donors (Lipinski definition) is 1. The Morgan fingerprint density at radius 1 is 1.04 bits per heavy atom. The van der Waals surface area contributed by atoms with Gasteiger partial charge in [-0.15, -0.1) is 0 Å². The fourth-order valence-electron chi connectivity index (χ4n) is 1.88. The Balaban J connectivity index is 1.78. The molecule has 0 aliphatic carbocycles. The van der Waals surface area contributed by atoms with Gasteiger partial charge in [-0.3, -0.25) is 4.79 Å². The van der Waals surface area contributed by atoms with Crippen LogP contribution in [0.4, 0.5) is 5.69 Å². The van der Waals surface area contributed by atoms with Crippen LogP contribution in [0.15, 0.2) is 53.0 Å². The molecule has 0 saturated heterocycles. The van der Waals surface area contributed by atoms with E-state index < -0.39 is 18.0 Å². The molecule has 132 valence electrons. The summed E-state index contributed by atoms with van der Waals surface area (Å²) in [5.41, 5.74) is 0.583. The second-order valence-electron chi connectivity index (χ2n) is 5.09. The first kappa shape index (κ1) is 18.8. The molecule has 7 heteroatoms. The van der Waals surface area contributed by atoms with E-state index in [1.165, 1.54) is 6.92 Å². The minimum atomic E-state index is -0.942. The van der Waals surface area contributed by atoms with Crippen molar-refractivity contribution in [2.45, 2.75) is 13.0 Å².